The lowest BCUT2D eigenvalue weighted by Crippen LogP contribution is -2.38. The number of nitrogens with zero attached hydrogens (tertiary/aromatic N) is 1. The normalized spacial score (nSPS) is 15.1. The van der Waals surface area contributed by atoms with Gasteiger partial charge >= 0.3 is 5.97 Å². The molecule has 0 aliphatic carbocycles. The van der Waals surface area contributed by atoms with Gasteiger partial charge in [0, 0.05) is 11.7 Å². The smallest absolute Gasteiger partial charge is 0.339 e. The van der Waals surface area contributed by atoms with Gasteiger partial charge in [-0.3, -0.25) is 4.79 Å². The zero-order valence-corrected chi connectivity index (χ0v) is 16.6. The van der Waals surface area contributed by atoms with Crippen molar-refractivity contribution in [3.63, 3.8) is 0 Å². The van der Waals surface area contributed by atoms with Crippen molar-refractivity contribution in [3.8, 4) is 11.1 Å². The summed E-state index contributed by atoms with van der Waals surface area (Å²) < 4.78 is 5.42. The van der Waals surface area contributed by atoms with Gasteiger partial charge in [0.05, 0.1) is 5.56 Å². The maximum atomic E-state index is 12.8. The van der Waals surface area contributed by atoms with Crippen molar-refractivity contribution in [1.82, 2.24) is 0 Å². The Morgan fingerprint density at radius 3 is 2.45 bits per heavy atom. The van der Waals surface area contributed by atoms with Crippen molar-refractivity contribution in [3.05, 3.63) is 89.5 Å². The molecule has 4 heteroatoms. The van der Waals surface area contributed by atoms with Crippen LogP contribution in [0.15, 0.2) is 72.8 Å². The molecular formula is C25H23NO3. The predicted octanol–water partition coefficient (Wildman–Crippen LogP) is 4.80. The van der Waals surface area contributed by atoms with Crippen molar-refractivity contribution in [1.29, 1.82) is 0 Å². The van der Waals surface area contributed by atoms with Gasteiger partial charge in [0.1, 0.15) is 0 Å². The van der Waals surface area contributed by atoms with Gasteiger partial charge in [-0.05, 0) is 49.1 Å². The van der Waals surface area contributed by atoms with Gasteiger partial charge in [-0.15, -0.1) is 0 Å². The van der Waals surface area contributed by atoms with Gasteiger partial charge in [-0.25, -0.2) is 4.79 Å². The molecule has 4 rings (SSSR count). The Morgan fingerprint density at radius 2 is 1.66 bits per heavy atom. The van der Waals surface area contributed by atoms with Crippen LogP contribution in [0.4, 0.5) is 5.69 Å². The first-order valence-electron chi connectivity index (χ1n) is 9.78. The van der Waals surface area contributed by atoms with E-state index in [9.17, 15) is 9.59 Å². The molecule has 0 saturated carbocycles. The first-order valence-corrected chi connectivity index (χ1v) is 9.78. The van der Waals surface area contributed by atoms with Crippen molar-refractivity contribution in [2.75, 3.05) is 11.5 Å². The van der Waals surface area contributed by atoms with Crippen LogP contribution in [0.1, 0.15) is 28.4 Å². The fraction of sp³-hybridized carbons (Fsp3) is 0.200. The highest BCUT2D eigenvalue weighted by molar-refractivity contribution is 6.01. The maximum absolute atomic E-state index is 12.8. The molecule has 0 spiro atoms. The van der Waals surface area contributed by atoms with Crippen molar-refractivity contribution in [2.45, 2.75) is 26.3 Å². The minimum Gasteiger partial charge on any atom is -0.452 e. The third kappa shape index (κ3) is 3.79. The molecule has 0 fully saturated rings. The molecule has 29 heavy (non-hydrogen) atoms. The molecule has 3 aromatic rings. The number of esters is 1. The number of hydrogen-bond acceptors (Lipinski definition) is 3. The summed E-state index contributed by atoms with van der Waals surface area (Å²) in [6.07, 6.45) is 0.812. The second-order valence-corrected chi connectivity index (χ2v) is 7.43. The van der Waals surface area contributed by atoms with Crippen LogP contribution in [0.2, 0.25) is 0 Å². The molecule has 0 radical (unpaired) electrons. The van der Waals surface area contributed by atoms with Gasteiger partial charge < -0.3 is 9.64 Å². The lowest BCUT2D eigenvalue weighted by Gasteiger charge is -2.22. The average Bonchev–Trinajstić information content (AvgIpc) is 3.08. The Kier molecular flexibility index (Phi) is 5.17. The summed E-state index contributed by atoms with van der Waals surface area (Å²) in [7, 11) is 0. The monoisotopic (exact) mass is 385 g/mol. The van der Waals surface area contributed by atoms with Crippen LogP contribution < -0.4 is 4.90 Å². The quantitative estimate of drug-likeness (QED) is 0.606. The van der Waals surface area contributed by atoms with Crippen LogP contribution >= 0.6 is 0 Å². The van der Waals surface area contributed by atoms with Gasteiger partial charge in [0.15, 0.2) is 6.61 Å². The van der Waals surface area contributed by atoms with E-state index in [0.29, 0.717) is 5.56 Å². The summed E-state index contributed by atoms with van der Waals surface area (Å²) >= 11 is 0. The van der Waals surface area contributed by atoms with Crippen molar-refractivity contribution < 1.29 is 14.3 Å². The van der Waals surface area contributed by atoms with Crippen LogP contribution in [0.5, 0.6) is 0 Å². The number of ether oxygens (including phenoxy) is 1. The second-order valence-electron chi connectivity index (χ2n) is 7.43. The topological polar surface area (TPSA) is 46.6 Å². The molecule has 0 bridgehead atoms. The average molecular weight is 385 g/mol. The van der Waals surface area contributed by atoms with Crippen LogP contribution in [0.25, 0.3) is 11.1 Å². The van der Waals surface area contributed by atoms with E-state index in [1.165, 1.54) is 0 Å². The highest BCUT2D eigenvalue weighted by Crippen LogP contribution is 2.32. The SMILES string of the molecule is Cc1ccc(-c2ccccc2C(=O)OCC(=O)N2c3ccccc3CC2C)cc1. The van der Waals surface area contributed by atoms with E-state index in [1.54, 1.807) is 17.0 Å². The summed E-state index contributed by atoms with van der Waals surface area (Å²) in [4.78, 5) is 27.3. The predicted molar refractivity (Wildman–Crippen MR) is 114 cm³/mol. The first kappa shape index (κ1) is 18.9. The largest absolute Gasteiger partial charge is 0.452 e. The molecule has 0 N–H and O–H groups in total. The molecule has 0 aromatic heterocycles. The van der Waals surface area contributed by atoms with Crippen LogP contribution in [0.3, 0.4) is 0 Å². The molecular weight excluding hydrogens is 362 g/mol. The Bertz CT molecular complexity index is 1060. The fourth-order valence-corrected chi connectivity index (χ4v) is 3.87. The van der Waals surface area contributed by atoms with Crippen LogP contribution in [-0.4, -0.2) is 24.5 Å². The Balaban J connectivity index is 1.50. The summed E-state index contributed by atoms with van der Waals surface area (Å²) in [6, 6.07) is 23.2. The molecule has 4 nitrogen and oxygen atoms in total. The van der Waals surface area contributed by atoms with Gasteiger partial charge in [0.25, 0.3) is 5.91 Å². The standard InChI is InChI=1S/C25H23NO3/c1-17-11-13-19(14-12-17)21-8-4-5-9-22(21)25(28)29-16-24(27)26-18(2)15-20-7-3-6-10-23(20)26/h3-14,18H,15-16H2,1-2H3. The zero-order valence-electron chi connectivity index (χ0n) is 16.6. The number of aryl methyl sites for hydroxylation is 1. The van der Waals surface area contributed by atoms with E-state index in [-0.39, 0.29) is 18.6 Å². The van der Waals surface area contributed by atoms with Gasteiger partial charge in [-0.2, -0.15) is 0 Å². The summed E-state index contributed by atoms with van der Waals surface area (Å²) in [5.74, 6) is -0.696. The minimum atomic E-state index is -0.491. The molecule has 3 aromatic carbocycles. The molecule has 1 aliphatic rings. The molecule has 1 unspecified atom stereocenters. The Morgan fingerprint density at radius 1 is 0.966 bits per heavy atom. The Hall–Kier alpha value is -3.40. The molecule has 0 saturated heterocycles. The minimum absolute atomic E-state index is 0.0541. The molecule has 1 amide bonds. The number of benzene rings is 3. The number of carbonyl (C=O) groups is 2. The van der Waals surface area contributed by atoms with E-state index >= 15 is 0 Å². The summed E-state index contributed by atoms with van der Waals surface area (Å²) in [5.41, 5.74) is 5.39. The molecule has 1 aliphatic heterocycles. The van der Waals surface area contributed by atoms with E-state index < -0.39 is 5.97 Å². The van der Waals surface area contributed by atoms with E-state index in [0.717, 1.165) is 34.4 Å². The van der Waals surface area contributed by atoms with Gasteiger partial charge in [0.2, 0.25) is 0 Å². The number of para-hydroxylation sites is 1. The lowest BCUT2D eigenvalue weighted by molar-refractivity contribution is -0.122. The third-order valence-electron chi connectivity index (χ3n) is 5.31. The van der Waals surface area contributed by atoms with Crippen molar-refractivity contribution >= 4 is 17.6 Å². The molecule has 1 heterocycles. The zero-order chi connectivity index (χ0) is 20.4. The number of hydrogen-bond donors (Lipinski definition) is 0. The number of carbonyl (C=O) groups excluding carboxylic acids is 2. The van der Waals surface area contributed by atoms with E-state index in [2.05, 4.69) is 0 Å². The van der Waals surface area contributed by atoms with Crippen molar-refractivity contribution in [2.24, 2.45) is 0 Å². The highest BCUT2D eigenvalue weighted by atomic mass is 16.5. The Labute approximate surface area is 170 Å². The summed E-state index contributed by atoms with van der Waals surface area (Å²) in [6.45, 7) is 3.75. The molecule has 146 valence electrons. The number of amides is 1. The van der Waals surface area contributed by atoms with E-state index in [1.807, 2.05) is 74.5 Å². The lowest BCUT2D eigenvalue weighted by atomic mass is 9.99. The van der Waals surface area contributed by atoms with Gasteiger partial charge in [-0.1, -0.05) is 66.2 Å². The van der Waals surface area contributed by atoms with Crippen LogP contribution in [-0.2, 0) is 16.0 Å². The maximum Gasteiger partial charge on any atom is 0.339 e. The first-order chi connectivity index (χ1) is 14.0. The fourth-order valence-electron chi connectivity index (χ4n) is 3.87. The van der Waals surface area contributed by atoms with Crippen LogP contribution in [0, 0.1) is 6.92 Å². The summed E-state index contributed by atoms with van der Waals surface area (Å²) in [5, 5.41) is 0. The number of rotatable bonds is 4. The number of anilines is 1. The molecule has 1 atom stereocenters. The number of fused-ring (bicyclic) bond motifs is 1. The second kappa shape index (κ2) is 7.92. The van der Waals surface area contributed by atoms with E-state index in [4.69, 9.17) is 4.74 Å². The highest BCUT2D eigenvalue weighted by Gasteiger charge is 2.31. The third-order valence-corrected chi connectivity index (χ3v) is 5.31.